The molecule has 0 rings (SSSR count). The molecule has 48 valence electrons. The Kier molecular flexibility index (Phi) is 2.75. The first-order valence-corrected chi connectivity index (χ1v) is 1.44. The van der Waals surface area contributed by atoms with Gasteiger partial charge in [0, 0.05) is 4.53 Å². The molecule has 0 aliphatic heterocycles. The van der Waals surface area contributed by atoms with E-state index in [1.807, 2.05) is 0 Å². The van der Waals surface area contributed by atoms with Gasteiger partial charge in [-0.3, -0.25) is 0 Å². The summed E-state index contributed by atoms with van der Waals surface area (Å²) in [6.45, 7) is -3.33. The molecule has 3 nitrogen and oxygen atoms in total. The topological polar surface area (TPSA) is 35.5 Å². The van der Waals surface area contributed by atoms with Crippen molar-refractivity contribution in [2.75, 3.05) is 0 Å². The summed E-state index contributed by atoms with van der Waals surface area (Å²) in [5.41, 5.74) is 0. The van der Waals surface area contributed by atoms with Gasteiger partial charge in [-0.25, -0.2) is 9.74 Å². The van der Waals surface area contributed by atoms with Gasteiger partial charge in [-0.1, -0.05) is 0 Å². The summed E-state index contributed by atoms with van der Waals surface area (Å²) >= 11 is 0. The molecule has 0 heterocycles. The van der Waals surface area contributed by atoms with E-state index in [-0.39, 0.29) is 0 Å². The van der Waals surface area contributed by atoms with Crippen molar-refractivity contribution in [1.29, 1.82) is 0 Å². The Bertz CT molecular complexity index is 82.6. The highest BCUT2D eigenvalue weighted by molar-refractivity contribution is 5.58. The molecule has 0 unspecified atom stereocenters. The Hall–Kier alpha value is -0.940. The summed E-state index contributed by atoms with van der Waals surface area (Å²) < 4.78 is 34.8. The lowest BCUT2D eigenvalue weighted by molar-refractivity contribution is -0.159. The number of hydrogen-bond acceptors (Lipinski definition) is 3. The van der Waals surface area contributed by atoms with Gasteiger partial charge in [0.25, 0.3) is 0 Å². The average Bonchev–Trinajstić information content (AvgIpc) is 1.65. The van der Waals surface area contributed by atoms with Crippen LogP contribution in [0.2, 0.25) is 0 Å². The molecule has 6 heteroatoms. The van der Waals surface area contributed by atoms with Crippen LogP contribution in [0.15, 0.2) is 0 Å². The lowest BCUT2D eigenvalue weighted by Gasteiger charge is -1.93. The van der Waals surface area contributed by atoms with Gasteiger partial charge < -0.3 is 4.74 Å². The minimum absolute atomic E-state index is 2.04. The number of alkyl halides is 2. The van der Waals surface area contributed by atoms with Crippen LogP contribution in [-0.4, -0.2) is 12.8 Å². The van der Waals surface area contributed by atoms with Gasteiger partial charge in [-0.2, -0.15) is 8.78 Å². The van der Waals surface area contributed by atoms with Crippen molar-refractivity contribution in [3.8, 4) is 0 Å². The molecule has 8 heavy (non-hydrogen) atoms. The maximum absolute atomic E-state index is 10.8. The van der Waals surface area contributed by atoms with Gasteiger partial charge in [0.1, 0.15) is 0 Å². The van der Waals surface area contributed by atoms with E-state index < -0.39 is 12.8 Å². The van der Waals surface area contributed by atoms with Gasteiger partial charge in [-0.15, -0.1) is 0 Å². The van der Waals surface area contributed by atoms with Crippen LogP contribution in [0.4, 0.5) is 18.1 Å². The Balaban J connectivity index is 3.25. The molecule has 0 amide bonds. The van der Waals surface area contributed by atoms with E-state index in [0.717, 1.165) is 0 Å². The van der Waals surface area contributed by atoms with E-state index in [4.69, 9.17) is 0 Å². The molecule has 0 aliphatic rings. The molecule has 0 saturated carbocycles. The average molecular weight is 130 g/mol. The number of halogens is 3. The third-order valence-corrected chi connectivity index (χ3v) is 0.248. The van der Waals surface area contributed by atoms with E-state index in [2.05, 4.69) is 9.68 Å². The molecule has 0 spiro atoms. The van der Waals surface area contributed by atoms with Crippen LogP contribution in [-0.2, 0) is 9.68 Å². The SMILES string of the molecule is O=C(OF)OC(F)F. The third-order valence-electron chi connectivity index (χ3n) is 0.248. The monoisotopic (exact) mass is 130 g/mol. The van der Waals surface area contributed by atoms with Crippen molar-refractivity contribution in [1.82, 2.24) is 0 Å². The summed E-state index contributed by atoms with van der Waals surface area (Å²) in [5.74, 6) is 0. The summed E-state index contributed by atoms with van der Waals surface area (Å²) in [6, 6.07) is 0. The summed E-state index contributed by atoms with van der Waals surface area (Å²) in [6.07, 6.45) is -2.04. The summed E-state index contributed by atoms with van der Waals surface area (Å²) in [4.78, 5) is 11.5. The number of carbonyl (C=O) groups is 1. The maximum atomic E-state index is 10.8. The molecular weight excluding hydrogens is 129 g/mol. The Morgan fingerprint density at radius 2 is 2.00 bits per heavy atom. The minimum atomic E-state index is -3.33. The summed E-state index contributed by atoms with van der Waals surface area (Å²) in [5, 5.41) is 0. The lowest BCUT2D eigenvalue weighted by atomic mass is 11.3. The van der Waals surface area contributed by atoms with E-state index in [1.54, 1.807) is 0 Å². The van der Waals surface area contributed by atoms with Crippen molar-refractivity contribution in [3.63, 3.8) is 0 Å². The number of carbonyl (C=O) groups excluding carboxylic acids is 1. The molecule has 0 aromatic rings. The van der Waals surface area contributed by atoms with Crippen molar-refractivity contribution >= 4 is 6.16 Å². The third kappa shape index (κ3) is 3.26. The highest BCUT2D eigenvalue weighted by Crippen LogP contribution is 1.96. The Morgan fingerprint density at radius 1 is 1.50 bits per heavy atom. The van der Waals surface area contributed by atoms with E-state index in [0.29, 0.717) is 0 Å². The second-order valence-corrected chi connectivity index (χ2v) is 0.706. The van der Waals surface area contributed by atoms with Gasteiger partial charge in [0.05, 0.1) is 0 Å². The zero-order valence-corrected chi connectivity index (χ0v) is 3.44. The highest BCUT2D eigenvalue weighted by atomic mass is 19.3. The fourth-order valence-corrected chi connectivity index (χ4v) is 0.0909. The van der Waals surface area contributed by atoms with Crippen LogP contribution in [0.1, 0.15) is 0 Å². The first-order valence-electron chi connectivity index (χ1n) is 1.44. The Labute approximate surface area is 41.9 Å². The highest BCUT2D eigenvalue weighted by Gasteiger charge is 2.11. The van der Waals surface area contributed by atoms with Crippen molar-refractivity contribution in [2.45, 2.75) is 6.61 Å². The Morgan fingerprint density at radius 3 is 2.12 bits per heavy atom. The first kappa shape index (κ1) is 7.06. The van der Waals surface area contributed by atoms with Crippen LogP contribution in [0.3, 0.4) is 0 Å². The first-order chi connectivity index (χ1) is 3.66. The predicted octanol–water partition coefficient (Wildman–Crippen LogP) is 1.25. The molecule has 0 N–H and O–H groups in total. The largest absolute Gasteiger partial charge is 0.549 e. The standard InChI is InChI=1S/C2HF3O3/c3-1(4)7-2(6)8-5/h1H. The van der Waals surface area contributed by atoms with Crippen LogP contribution in [0, 0.1) is 0 Å². The predicted molar refractivity (Wildman–Crippen MR) is 14.7 cm³/mol. The second kappa shape index (κ2) is 3.11. The molecule has 0 saturated heterocycles. The van der Waals surface area contributed by atoms with Crippen molar-refractivity contribution < 1.29 is 27.8 Å². The molecule has 0 aliphatic carbocycles. The van der Waals surface area contributed by atoms with Crippen LogP contribution in [0.5, 0.6) is 0 Å². The van der Waals surface area contributed by atoms with Crippen LogP contribution >= 0.6 is 0 Å². The van der Waals surface area contributed by atoms with Gasteiger partial charge >= 0.3 is 12.8 Å². The molecular formula is C2HF3O3. The van der Waals surface area contributed by atoms with E-state index in [9.17, 15) is 18.1 Å². The van der Waals surface area contributed by atoms with Crippen LogP contribution in [0.25, 0.3) is 0 Å². The number of rotatable bonds is 1. The van der Waals surface area contributed by atoms with Crippen LogP contribution < -0.4 is 0 Å². The number of ether oxygens (including phenoxy) is 1. The molecule has 0 aromatic heterocycles. The quantitative estimate of drug-likeness (QED) is 0.501. The lowest BCUT2D eigenvalue weighted by Crippen LogP contribution is -2.06. The zero-order valence-electron chi connectivity index (χ0n) is 3.44. The normalized spacial score (nSPS) is 9.00. The molecule has 0 bridgehead atoms. The van der Waals surface area contributed by atoms with Gasteiger partial charge in [-0.05, 0) is 0 Å². The maximum Gasteiger partial charge on any atom is 0.549 e. The molecule has 0 fully saturated rings. The van der Waals surface area contributed by atoms with Crippen molar-refractivity contribution in [2.24, 2.45) is 0 Å². The fourth-order valence-electron chi connectivity index (χ4n) is 0.0909. The zero-order chi connectivity index (χ0) is 6.57. The molecule has 0 radical (unpaired) electrons. The smallest absolute Gasteiger partial charge is 0.368 e. The fraction of sp³-hybridized carbons (Fsp3) is 0.500. The van der Waals surface area contributed by atoms with E-state index >= 15 is 0 Å². The van der Waals surface area contributed by atoms with Gasteiger partial charge in [0.15, 0.2) is 0 Å². The molecule has 0 atom stereocenters. The summed E-state index contributed by atoms with van der Waals surface area (Å²) in [7, 11) is 0. The number of hydrogen-bond donors (Lipinski definition) is 0. The second-order valence-electron chi connectivity index (χ2n) is 0.706. The van der Waals surface area contributed by atoms with Crippen molar-refractivity contribution in [3.05, 3.63) is 0 Å². The molecule has 0 aromatic carbocycles. The van der Waals surface area contributed by atoms with Gasteiger partial charge in [0.2, 0.25) is 0 Å². The minimum Gasteiger partial charge on any atom is -0.368 e. The van der Waals surface area contributed by atoms with E-state index in [1.165, 1.54) is 0 Å².